The first kappa shape index (κ1) is 13.3. The quantitative estimate of drug-likeness (QED) is 0.690. The van der Waals surface area contributed by atoms with Crippen LogP contribution in [-0.2, 0) is 6.61 Å². The molecule has 2 aromatic heterocycles. The number of ether oxygens (including phenoxy) is 1. The molecule has 1 aromatic carbocycles. The molecule has 0 bridgehead atoms. The Balaban J connectivity index is 1.82. The Bertz CT molecular complexity index is 791. The van der Waals surface area contributed by atoms with Gasteiger partial charge in [0.2, 0.25) is 0 Å². The number of pyridine rings is 1. The summed E-state index contributed by atoms with van der Waals surface area (Å²) in [6.07, 6.45) is 2.47. The SMILES string of the molecule is Cc1ccc(OCc2nc3c(C)cc(C=O)cn3n2)cc1. The Labute approximate surface area is 122 Å². The van der Waals surface area contributed by atoms with Gasteiger partial charge in [0.25, 0.3) is 0 Å². The van der Waals surface area contributed by atoms with E-state index in [1.165, 1.54) is 5.56 Å². The molecule has 0 aliphatic rings. The van der Waals surface area contributed by atoms with E-state index in [2.05, 4.69) is 10.1 Å². The van der Waals surface area contributed by atoms with Crippen molar-refractivity contribution in [1.82, 2.24) is 14.6 Å². The van der Waals surface area contributed by atoms with Gasteiger partial charge in [-0.2, -0.15) is 0 Å². The van der Waals surface area contributed by atoms with Crippen molar-refractivity contribution in [2.24, 2.45) is 0 Å². The molecule has 0 radical (unpaired) electrons. The van der Waals surface area contributed by atoms with Gasteiger partial charge in [0.05, 0.1) is 0 Å². The zero-order chi connectivity index (χ0) is 14.8. The molecule has 0 atom stereocenters. The molecule has 3 rings (SSSR count). The second-order valence-electron chi connectivity index (χ2n) is 4.97. The number of fused-ring (bicyclic) bond motifs is 1. The van der Waals surface area contributed by atoms with E-state index in [1.54, 1.807) is 16.8 Å². The van der Waals surface area contributed by atoms with E-state index in [-0.39, 0.29) is 0 Å². The topological polar surface area (TPSA) is 56.5 Å². The van der Waals surface area contributed by atoms with Gasteiger partial charge in [-0.25, -0.2) is 9.50 Å². The molecular weight excluding hydrogens is 266 g/mol. The van der Waals surface area contributed by atoms with Crippen LogP contribution in [0.25, 0.3) is 5.65 Å². The van der Waals surface area contributed by atoms with E-state index < -0.39 is 0 Å². The maximum atomic E-state index is 10.9. The van der Waals surface area contributed by atoms with Crippen molar-refractivity contribution in [3.63, 3.8) is 0 Å². The molecule has 5 heteroatoms. The molecule has 2 heterocycles. The van der Waals surface area contributed by atoms with E-state index in [4.69, 9.17) is 4.74 Å². The zero-order valence-electron chi connectivity index (χ0n) is 11.9. The van der Waals surface area contributed by atoms with E-state index in [0.717, 1.165) is 23.2 Å². The molecule has 3 aromatic rings. The number of aryl methyl sites for hydroxylation is 2. The summed E-state index contributed by atoms with van der Waals surface area (Å²) >= 11 is 0. The summed E-state index contributed by atoms with van der Waals surface area (Å²) in [5, 5.41) is 4.34. The fourth-order valence-corrected chi connectivity index (χ4v) is 2.13. The van der Waals surface area contributed by atoms with Crippen LogP contribution in [0.4, 0.5) is 0 Å². The molecule has 0 unspecified atom stereocenters. The summed E-state index contributed by atoms with van der Waals surface area (Å²) in [5.74, 6) is 1.37. The number of aldehydes is 1. The largest absolute Gasteiger partial charge is 0.486 e. The fourth-order valence-electron chi connectivity index (χ4n) is 2.13. The Hall–Kier alpha value is -2.69. The summed E-state index contributed by atoms with van der Waals surface area (Å²) in [6.45, 7) is 4.23. The standard InChI is InChI=1S/C16H15N3O2/c1-11-3-5-14(6-4-11)21-10-15-17-16-12(2)7-13(9-20)8-19(16)18-15/h3-9H,10H2,1-2H3. The molecule has 0 spiro atoms. The zero-order valence-corrected chi connectivity index (χ0v) is 11.9. The Kier molecular flexibility index (Phi) is 3.39. The molecule has 106 valence electrons. The van der Waals surface area contributed by atoms with Gasteiger partial charge in [0.15, 0.2) is 17.8 Å². The average molecular weight is 281 g/mol. The average Bonchev–Trinajstić information content (AvgIpc) is 2.90. The van der Waals surface area contributed by atoms with Crippen molar-refractivity contribution in [2.45, 2.75) is 20.5 Å². The molecule has 0 saturated carbocycles. The molecule has 0 amide bonds. The third-order valence-electron chi connectivity index (χ3n) is 3.21. The number of nitrogens with zero attached hydrogens (tertiary/aromatic N) is 3. The van der Waals surface area contributed by atoms with Crippen LogP contribution < -0.4 is 4.74 Å². The Morgan fingerprint density at radius 3 is 2.71 bits per heavy atom. The van der Waals surface area contributed by atoms with E-state index in [0.29, 0.717) is 18.0 Å². The maximum Gasteiger partial charge on any atom is 0.189 e. The monoisotopic (exact) mass is 281 g/mol. The number of hydrogen-bond acceptors (Lipinski definition) is 4. The van der Waals surface area contributed by atoms with E-state index in [9.17, 15) is 4.79 Å². The number of benzene rings is 1. The van der Waals surface area contributed by atoms with Gasteiger partial charge in [-0.05, 0) is 37.6 Å². The highest BCUT2D eigenvalue weighted by molar-refractivity contribution is 5.75. The second-order valence-corrected chi connectivity index (χ2v) is 4.97. The lowest BCUT2D eigenvalue weighted by Crippen LogP contribution is -1.98. The van der Waals surface area contributed by atoms with Gasteiger partial charge in [0, 0.05) is 11.8 Å². The normalized spacial score (nSPS) is 10.8. The first-order valence-electron chi connectivity index (χ1n) is 6.66. The Morgan fingerprint density at radius 1 is 1.24 bits per heavy atom. The number of carbonyl (C=O) groups excluding carboxylic acids is 1. The van der Waals surface area contributed by atoms with Crippen LogP contribution in [0, 0.1) is 13.8 Å². The van der Waals surface area contributed by atoms with Gasteiger partial charge in [-0.1, -0.05) is 17.7 Å². The van der Waals surface area contributed by atoms with Crippen LogP contribution >= 0.6 is 0 Å². The molecule has 0 aliphatic heterocycles. The van der Waals surface area contributed by atoms with Crippen LogP contribution in [0.5, 0.6) is 5.75 Å². The molecule has 5 nitrogen and oxygen atoms in total. The van der Waals surface area contributed by atoms with Crippen LogP contribution in [0.1, 0.15) is 27.3 Å². The van der Waals surface area contributed by atoms with Gasteiger partial charge >= 0.3 is 0 Å². The Morgan fingerprint density at radius 2 is 2.00 bits per heavy atom. The van der Waals surface area contributed by atoms with Gasteiger partial charge in [-0.3, -0.25) is 4.79 Å². The van der Waals surface area contributed by atoms with Crippen LogP contribution in [0.3, 0.4) is 0 Å². The highest BCUT2D eigenvalue weighted by Gasteiger charge is 2.08. The summed E-state index contributed by atoms with van der Waals surface area (Å²) in [7, 11) is 0. The summed E-state index contributed by atoms with van der Waals surface area (Å²) in [6, 6.07) is 9.61. The fraction of sp³-hybridized carbons (Fsp3) is 0.188. The lowest BCUT2D eigenvalue weighted by atomic mass is 10.2. The lowest BCUT2D eigenvalue weighted by molar-refractivity contribution is 0.112. The lowest BCUT2D eigenvalue weighted by Gasteiger charge is -2.03. The summed E-state index contributed by atoms with van der Waals surface area (Å²) < 4.78 is 7.28. The molecule has 0 aliphatic carbocycles. The minimum absolute atomic E-state index is 0.292. The number of aromatic nitrogens is 3. The van der Waals surface area contributed by atoms with E-state index >= 15 is 0 Å². The summed E-state index contributed by atoms with van der Waals surface area (Å²) in [4.78, 5) is 15.3. The van der Waals surface area contributed by atoms with E-state index in [1.807, 2.05) is 38.1 Å². The van der Waals surface area contributed by atoms with Crippen LogP contribution in [-0.4, -0.2) is 20.9 Å². The highest BCUT2D eigenvalue weighted by atomic mass is 16.5. The number of hydrogen-bond donors (Lipinski definition) is 0. The molecule has 0 N–H and O–H groups in total. The van der Waals surface area contributed by atoms with Crippen molar-refractivity contribution in [3.05, 3.63) is 59.0 Å². The second kappa shape index (κ2) is 5.36. The number of rotatable bonds is 4. The van der Waals surface area contributed by atoms with Crippen molar-refractivity contribution >= 4 is 11.9 Å². The predicted molar refractivity (Wildman–Crippen MR) is 78.6 cm³/mol. The van der Waals surface area contributed by atoms with Gasteiger partial charge in [-0.15, -0.1) is 5.10 Å². The number of carbonyl (C=O) groups is 1. The first-order valence-corrected chi connectivity index (χ1v) is 6.66. The molecular formula is C16H15N3O2. The van der Waals surface area contributed by atoms with Crippen molar-refractivity contribution < 1.29 is 9.53 Å². The van der Waals surface area contributed by atoms with Crippen LogP contribution in [0.15, 0.2) is 36.5 Å². The molecule has 21 heavy (non-hydrogen) atoms. The first-order chi connectivity index (χ1) is 10.2. The highest BCUT2D eigenvalue weighted by Crippen LogP contribution is 2.14. The van der Waals surface area contributed by atoms with Gasteiger partial charge < -0.3 is 4.74 Å². The summed E-state index contributed by atoms with van der Waals surface area (Å²) in [5.41, 5.74) is 3.41. The third-order valence-corrected chi connectivity index (χ3v) is 3.21. The third kappa shape index (κ3) is 2.76. The smallest absolute Gasteiger partial charge is 0.189 e. The van der Waals surface area contributed by atoms with Crippen LogP contribution in [0.2, 0.25) is 0 Å². The molecule has 0 fully saturated rings. The van der Waals surface area contributed by atoms with Gasteiger partial charge in [0.1, 0.15) is 12.4 Å². The minimum Gasteiger partial charge on any atom is -0.486 e. The molecule has 0 saturated heterocycles. The van der Waals surface area contributed by atoms with Crippen molar-refractivity contribution in [3.8, 4) is 5.75 Å². The maximum absolute atomic E-state index is 10.9. The van der Waals surface area contributed by atoms with Crippen molar-refractivity contribution in [1.29, 1.82) is 0 Å². The minimum atomic E-state index is 0.292. The predicted octanol–water partition coefficient (Wildman–Crippen LogP) is 2.74. The van der Waals surface area contributed by atoms with Crippen molar-refractivity contribution in [2.75, 3.05) is 0 Å².